The highest BCUT2D eigenvalue weighted by Crippen LogP contribution is 2.32. The molecule has 4 aromatic rings. The van der Waals surface area contributed by atoms with Crippen LogP contribution in [0.5, 0.6) is 0 Å². The average Bonchev–Trinajstić information content (AvgIpc) is 3.42. The van der Waals surface area contributed by atoms with Crippen molar-refractivity contribution in [3.63, 3.8) is 0 Å². The lowest BCUT2D eigenvalue weighted by molar-refractivity contribution is 0.587. The second-order valence-electron chi connectivity index (χ2n) is 8.42. The summed E-state index contributed by atoms with van der Waals surface area (Å²) in [5, 5.41) is 4.32. The zero-order valence-electron chi connectivity index (χ0n) is 18.0. The molecular weight excluding hydrogens is 420 g/mol. The summed E-state index contributed by atoms with van der Waals surface area (Å²) >= 11 is 0. The number of nitrogens with one attached hydrogen (secondary N) is 1. The molecule has 0 radical (unpaired) electrons. The van der Waals surface area contributed by atoms with Crippen LogP contribution in [0.2, 0.25) is 0 Å². The van der Waals surface area contributed by atoms with E-state index in [9.17, 15) is 8.42 Å². The third-order valence-electron chi connectivity index (χ3n) is 5.99. The van der Waals surface area contributed by atoms with Crippen LogP contribution in [0.25, 0.3) is 22.4 Å². The number of hydrogen-bond acceptors (Lipinski definition) is 5. The van der Waals surface area contributed by atoms with E-state index in [0.717, 1.165) is 29.4 Å². The van der Waals surface area contributed by atoms with Gasteiger partial charge in [0.25, 0.3) is 0 Å². The molecule has 2 aromatic heterocycles. The minimum atomic E-state index is -3.67. The van der Waals surface area contributed by atoms with Gasteiger partial charge in [-0.2, -0.15) is 0 Å². The van der Waals surface area contributed by atoms with Gasteiger partial charge in [-0.25, -0.2) is 22.4 Å². The van der Waals surface area contributed by atoms with E-state index in [2.05, 4.69) is 5.32 Å². The van der Waals surface area contributed by atoms with Gasteiger partial charge in [0.2, 0.25) is 10.0 Å². The van der Waals surface area contributed by atoms with E-state index < -0.39 is 10.0 Å². The first kappa shape index (κ1) is 20.7. The number of hydrogen-bond donors (Lipinski definition) is 1. The van der Waals surface area contributed by atoms with Gasteiger partial charge in [0.05, 0.1) is 11.1 Å². The Morgan fingerprint density at radius 2 is 1.62 bits per heavy atom. The van der Waals surface area contributed by atoms with E-state index in [0.29, 0.717) is 29.0 Å². The fourth-order valence-corrected chi connectivity index (χ4v) is 6.11. The number of benzene rings is 2. The van der Waals surface area contributed by atoms with E-state index in [-0.39, 0.29) is 5.75 Å². The molecule has 1 aliphatic carbocycles. The fourth-order valence-electron chi connectivity index (χ4n) is 4.47. The highest BCUT2D eigenvalue weighted by Gasteiger charge is 2.25. The molecule has 0 saturated heterocycles. The molecule has 0 atom stereocenters. The van der Waals surface area contributed by atoms with E-state index in [1.165, 1.54) is 16.8 Å². The van der Waals surface area contributed by atoms with Gasteiger partial charge in [0.1, 0.15) is 5.82 Å². The van der Waals surface area contributed by atoms with Gasteiger partial charge in [0.15, 0.2) is 11.5 Å². The summed E-state index contributed by atoms with van der Waals surface area (Å²) in [5.41, 5.74) is 2.66. The summed E-state index contributed by atoms with van der Waals surface area (Å²) in [6, 6.07) is 21.2. The molecule has 6 nitrogen and oxygen atoms in total. The van der Waals surface area contributed by atoms with Crippen molar-refractivity contribution >= 4 is 26.9 Å². The van der Waals surface area contributed by atoms with Crippen LogP contribution in [0.4, 0.5) is 5.82 Å². The normalized spacial score (nSPS) is 14.8. The van der Waals surface area contributed by atoms with Gasteiger partial charge in [-0.15, -0.1) is 0 Å². The molecule has 2 heterocycles. The molecule has 1 aliphatic rings. The van der Waals surface area contributed by atoms with Gasteiger partial charge in [-0.1, -0.05) is 73.5 Å². The standard InChI is InChI=1S/C25H26N4O2S/c1-18-16-22-24(26-21-14-8-9-15-21)27-23(20-12-6-3-7-13-20)28-25(22)29(18)32(30,31)17-19-10-4-2-5-11-19/h2-7,10-13,16,21H,8-9,14-15,17H2,1H3,(H,26,27,28). The number of nitrogens with zero attached hydrogens (tertiary/aromatic N) is 3. The Morgan fingerprint density at radius 1 is 0.969 bits per heavy atom. The molecular formula is C25H26N4O2S. The second kappa shape index (κ2) is 8.39. The summed E-state index contributed by atoms with van der Waals surface area (Å²) in [7, 11) is -3.67. The van der Waals surface area contributed by atoms with E-state index in [4.69, 9.17) is 9.97 Å². The fraction of sp³-hybridized carbons (Fsp3) is 0.280. The Kier molecular flexibility index (Phi) is 5.43. The van der Waals surface area contributed by atoms with E-state index >= 15 is 0 Å². The molecule has 0 bridgehead atoms. The van der Waals surface area contributed by atoms with Crippen LogP contribution in [0, 0.1) is 6.92 Å². The Hall–Kier alpha value is -3.19. The zero-order chi connectivity index (χ0) is 22.1. The predicted molar refractivity (Wildman–Crippen MR) is 128 cm³/mol. The molecule has 32 heavy (non-hydrogen) atoms. The van der Waals surface area contributed by atoms with Crippen LogP contribution < -0.4 is 5.32 Å². The smallest absolute Gasteiger partial charge is 0.244 e. The summed E-state index contributed by atoms with van der Waals surface area (Å²) in [4.78, 5) is 9.57. The topological polar surface area (TPSA) is 76.9 Å². The monoisotopic (exact) mass is 446 g/mol. The average molecular weight is 447 g/mol. The first-order valence-corrected chi connectivity index (χ1v) is 12.6. The molecule has 0 aliphatic heterocycles. The van der Waals surface area contributed by atoms with Crippen molar-refractivity contribution in [1.29, 1.82) is 0 Å². The van der Waals surface area contributed by atoms with Gasteiger partial charge in [0, 0.05) is 17.3 Å². The van der Waals surface area contributed by atoms with E-state index in [1.54, 1.807) is 0 Å². The van der Waals surface area contributed by atoms with Gasteiger partial charge < -0.3 is 5.32 Å². The lowest BCUT2D eigenvalue weighted by atomic mass is 10.2. The molecule has 7 heteroatoms. The van der Waals surface area contributed by atoms with Crippen LogP contribution in [-0.2, 0) is 15.8 Å². The van der Waals surface area contributed by atoms with Crippen LogP contribution in [0.3, 0.4) is 0 Å². The number of aromatic nitrogens is 3. The first-order chi connectivity index (χ1) is 15.5. The molecule has 1 fully saturated rings. The molecule has 1 N–H and O–H groups in total. The Morgan fingerprint density at radius 3 is 2.31 bits per heavy atom. The maximum atomic E-state index is 13.5. The zero-order valence-corrected chi connectivity index (χ0v) is 18.8. The third kappa shape index (κ3) is 4.00. The van der Waals surface area contributed by atoms with Crippen LogP contribution in [0.1, 0.15) is 36.9 Å². The van der Waals surface area contributed by atoms with Crippen molar-refractivity contribution in [2.75, 3.05) is 5.32 Å². The van der Waals surface area contributed by atoms with Gasteiger partial charge in [-0.3, -0.25) is 0 Å². The predicted octanol–water partition coefficient (Wildman–Crippen LogP) is 5.14. The minimum Gasteiger partial charge on any atom is -0.367 e. The maximum absolute atomic E-state index is 13.5. The van der Waals surface area contributed by atoms with Crippen molar-refractivity contribution in [3.05, 3.63) is 78.0 Å². The van der Waals surface area contributed by atoms with Crippen LogP contribution in [-0.4, -0.2) is 28.4 Å². The second-order valence-corrected chi connectivity index (χ2v) is 10.2. The Labute approximate surface area is 188 Å². The maximum Gasteiger partial charge on any atom is 0.244 e. The highest BCUT2D eigenvalue weighted by atomic mass is 32.2. The number of rotatable bonds is 6. The molecule has 2 aromatic carbocycles. The highest BCUT2D eigenvalue weighted by molar-refractivity contribution is 7.89. The van der Waals surface area contributed by atoms with Gasteiger partial charge in [-0.05, 0) is 31.4 Å². The summed E-state index contributed by atoms with van der Waals surface area (Å²) in [6.45, 7) is 1.81. The molecule has 0 spiro atoms. The van der Waals surface area contributed by atoms with E-state index in [1.807, 2.05) is 73.7 Å². The van der Waals surface area contributed by atoms with Crippen molar-refractivity contribution in [1.82, 2.24) is 13.9 Å². The molecule has 0 amide bonds. The molecule has 1 saturated carbocycles. The molecule has 0 unspecified atom stereocenters. The minimum absolute atomic E-state index is 0.0888. The lowest BCUT2D eigenvalue weighted by Gasteiger charge is -2.15. The lowest BCUT2D eigenvalue weighted by Crippen LogP contribution is -2.18. The summed E-state index contributed by atoms with van der Waals surface area (Å²) in [6.07, 6.45) is 4.59. The summed E-state index contributed by atoms with van der Waals surface area (Å²) in [5.74, 6) is 1.14. The van der Waals surface area contributed by atoms with Crippen molar-refractivity contribution < 1.29 is 8.42 Å². The quantitative estimate of drug-likeness (QED) is 0.444. The van der Waals surface area contributed by atoms with Gasteiger partial charge >= 0.3 is 0 Å². The molecule has 5 rings (SSSR count). The number of anilines is 1. The largest absolute Gasteiger partial charge is 0.367 e. The van der Waals surface area contributed by atoms with Crippen molar-refractivity contribution in [2.24, 2.45) is 0 Å². The van der Waals surface area contributed by atoms with Crippen LogP contribution >= 0.6 is 0 Å². The number of aryl methyl sites for hydroxylation is 1. The van der Waals surface area contributed by atoms with Crippen LogP contribution in [0.15, 0.2) is 66.7 Å². The third-order valence-corrected chi connectivity index (χ3v) is 7.70. The van der Waals surface area contributed by atoms with Crippen molar-refractivity contribution in [2.45, 2.75) is 44.4 Å². The number of fused-ring (bicyclic) bond motifs is 1. The van der Waals surface area contributed by atoms with Crippen molar-refractivity contribution in [3.8, 4) is 11.4 Å². The Bertz CT molecular complexity index is 1340. The Balaban J connectivity index is 1.67. The molecule has 164 valence electrons. The first-order valence-electron chi connectivity index (χ1n) is 11.0. The SMILES string of the molecule is Cc1cc2c(NC3CCCC3)nc(-c3ccccc3)nc2n1S(=O)(=O)Cc1ccccc1. The summed E-state index contributed by atoms with van der Waals surface area (Å²) < 4.78 is 28.3.